The van der Waals surface area contributed by atoms with Crippen molar-refractivity contribution in [3.63, 3.8) is 0 Å². The maximum absolute atomic E-state index is 12.6. The van der Waals surface area contributed by atoms with Gasteiger partial charge in [0.2, 0.25) is 5.91 Å². The number of amides is 1. The van der Waals surface area contributed by atoms with Crippen LogP contribution in [0.2, 0.25) is 0 Å². The molecule has 0 aromatic rings. The second-order valence-corrected chi connectivity index (χ2v) is 24.3. The summed E-state index contributed by atoms with van der Waals surface area (Å²) in [7, 11) is 0. The molecule has 0 rings (SSSR count). The Hall–Kier alpha value is -0.610. The van der Waals surface area contributed by atoms with Crippen LogP contribution in [0, 0.1) is 0 Å². The van der Waals surface area contributed by atoms with Gasteiger partial charge in [0.15, 0.2) is 0 Å². The van der Waals surface area contributed by atoms with Crippen molar-refractivity contribution in [3.8, 4) is 0 Å². The highest BCUT2D eigenvalue weighted by Gasteiger charge is 2.20. The Labute approximate surface area is 461 Å². The quantitative estimate of drug-likeness (QED) is 0.0532. The van der Waals surface area contributed by atoms with E-state index in [4.69, 9.17) is 0 Å². The first-order valence-electron chi connectivity index (χ1n) is 34.7. The fraction of sp³-hybridized carbons (Fsp3) is 0.986. The summed E-state index contributed by atoms with van der Waals surface area (Å²) >= 11 is 0. The summed E-state index contributed by atoms with van der Waals surface area (Å²) in [6.07, 6.45) is 85.9. The molecule has 2 unspecified atom stereocenters. The maximum Gasteiger partial charge on any atom is 0.220 e. The minimum absolute atomic E-state index is 0.0193. The topological polar surface area (TPSA) is 69.6 Å². The SMILES string of the molecule is CCCCCCCCCCCCCCCCCCCCCCCCCCCCCCCCCCC(O)C(CO)NC(=O)CCCCCCCCCCCCCCCCCCCCCCCCCCCCCCC. The van der Waals surface area contributed by atoms with E-state index in [-0.39, 0.29) is 12.5 Å². The van der Waals surface area contributed by atoms with Gasteiger partial charge in [-0.3, -0.25) is 4.79 Å². The van der Waals surface area contributed by atoms with Gasteiger partial charge in [-0.15, -0.1) is 0 Å². The first kappa shape index (κ1) is 72.4. The predicted molar refractivity (Wildman–Crippen MR) is 327 cm³/mol. The third kappa shape index (κ3) is 62.1. The van der Waals surface area contributed by atoms with Crippen molar-refractivity contribution in [1.82, 2.24) is 5.32 Å². The molecular weight excluding hydrogens is 891 g/mol. The molecule has 2 atom stereocenters. The van der Waals surface area contributed by atoms with Gasteiger partial charge in [-0.1, -0.05) is 399 Å². The van der Waals surface area contributed by atoms with E-state index in [0.717, 1.165) is 25.7 Å². The zero-order chi connectivity index (χ0) is 52.7. The van der Waals surface area contributed by atoms with Gasteiger partial charge < -0.3 is 15.5 Å². The van der Waals surface area contributed by atoms with Gasteiger partial charge in [0.25, 0.3) is 0 Å². The zero-order valence-electron chi connectivity index (χ0n) is 50.7. The van der Waals surface area contributed by atoms with Crippen LogP contribution in [0.1, 0.15) is 418 Å². The molecule has 0 bridgehead atoms. The number of rotatable bonds is 66. The molecule has 0 heterocycles. The van der Waals surface area contributed by atoms with E-state index in [9.17, 15) is 15.0 Å². The highest BCUT2D eigenvalue weighted by atomic mass is 16.3. The lowest BCUT2D eigenvalue weighted by molar-refractivity contribution is -0.123. The Morgan fingerprint density at radius 3 is 0.616 bits per heavy atom. The number of carbonyl (C=O) groups is 1. The van der Waals surface area contributed by atoms with Gasteiger partial charge in [-0.25, -0.2) is 0 Å². The molecule has 0 aliphatic rings. The number of hydrogen-bond donors (Lipinski definition) is 3. The molecular formula is C69H139NO3. The molecule has 4 heteroatoms. The third-order valence-corrected chi connectivity index (χ3v) is 16.9. The van der Waals surface area contributed by atoms with Crippen LogP contribution in [-0.2, 0) is 4.79 Å². The van der Waals surface area contributed by atoms with E-state index < -0.39 is 12.1 Å². The van der Waals surface area contributed by atoms with Crippen LogP contribution in [0.25, 0.3) is 0 Å². The second kappa shape index (κ2) is 65.7. The Balaban J connectivity index is 3.35. The number of carbonyl (C=O) groups excluding carboxylic acids is 1. The van der Waals surface area contributed by atoms with Crippen molar-refractivity contribution in [2.24, 2.45) is 0 Å². The van der Waals surface area contributed by atoms with Crippen molar-refractivity contribution < 1.29 is 15.0 Å². The smallest absolute Gasteiger partial charge is 0.220 e. The van der Waals surface area contributed by atoms with E-state index in [1.54, 1.807) is 0 Å². The molecule has 3 N–H and O–H groups in total. The first-order valence-corrected chi connectivity index (χ1v) is 34.7. The molecule has 0 aromatic heterocycles. The molecule has 0 aliphatic heterocycles. The lowest BCUT2D eigenvalue weighted by Crippen LogP contribution is -2.45. The monoisotopic (exact) mass is 1030 g/mol. The highest BCUT2D eigenvalue weighted by molar-refractivity contribution is 5.76. The lowest BCUT2D eigenvalue weighted by Gasteiger charge is -2.22. The minimum Gasteiger partial charge on any atom is -0.394 e. The molecule has 0 saturated carbocycles. The number of unbranched alkanes of at least 4 members (excludes halogenated alkanes) is 59. The maximum atomic E-state index is 12.6. The van der Waals surface area contributed by atoms with Crippen LogP contribution < -0.4 is 5.32 Å². The number of nitrogens with one attached hydrogen (secondary N) is 1. The van der Waals surface area contributed by atoms with Crippen LogP contribution in [0.15, 0.2) is 0 Å². The van der Waals surface area contributed by atoms with Crippen molar-refractivity contribution in [1.29, 1.82) is 0 Å². The van der Waals surface area contributed by atoms with Crippen LogP contribution in [-0.4, -0.2) is 34.9 Å². The fourth-order valence-corrected chi connectivity index (χ4v) is 11.6. The Bertz CT molecular complexity index is 987. The standard InChI is InChI=1S/C69H139NO3/c1-3-5-7-9-11-13-15-17-19-21-23-25-27-29-31-33-34-35-37-38-40-42-44-46-48-50-52-54-56-58-60-62-64-68(72)67(66-71)70-69(73)65-63-61-59-57-55-53-51-49-47-45-43-41-39-36-32-30-28-26-24-22-20-18-16-14-12-10-8-6-4-2/h67-68,71-72H,3-66H2,1-2H3,(H,70,73). The number of aliphatic hydroxyl groups excluding tert-OH is 2. The average Bonchev–Trinajstić information content (AvgIpc) is 3.40. The Morgan fingerprint density at radius 1 is 0.274 bits per heavy atom. The Kier molecular flexibility index (Phi) is 65.1. The summed E-state index contributed by atoms with van der Waals surface area (Å²) in [5.41, 5.74) is 0. The molecule has 0 aliphatic carbocycles. The minimum atomic E-state index is -0.656. The first-order chi connectivity index (χ1) is 36.2. The molecule has 0 spiro atoms. The predicted octanol–water partition coefficient (Wildman–Crippen LogP) is 23.4. The Morgan fingerprint density at radius 2 is 0.438 bits per heavy atom. The van der Waals surface area contributed by atoms with E-state index in [2.05, 4.69) is 19.2 Å². The zero-order valence-corrected chi connectivity index (χ0v) is 50.7. The molecule has 438 valence electrons. The van der Waals surface area contributed by atoms with E-state index >= 15 is 0 Å². The van der Waals surface area contributed by atoms with Crippen LogP contribution in [0.4, 0.5) is 0 Å². The van der Waals surface area contributed by atoms with Crippen molar-refractivity contribution >= 4 is 5.91 Å². The number of hydrogen-bond acceptors (Lipinski definition) is 3. The van der Waals surface area contributed by atoms with Crippen LogP contribution in [0.3, 0.4) is 0 Å². The van der Waals surface area contributed by atoms with Gasteiger partial charge in [-0.2, -0.15) is 0 Å². The summed E-state index contributed by atoms with van der Waals surface area (Å²) in [4.78, 5) is 12.6. The van der Waals surface area contributed by atoms with Gasteiger partial charge in [0.1, 0.15) is 0 Å². The molecule has 0 saturated heterocycles. The molecule has 0 aromatic carbocycles. The van der Waals surface area contributed by atoms with Gasteiger partial charge in [0.05, 0.1) is 18.8 Å². The van der Waals surface area contributed by atoms with E-state index in [1.807, 2.05) is 0 Å². The summed E-state index contributed by atoms with van der Waals surface area (Å²) in [6.45, 7) is 4.42. The summed E-state index contributed by atoms with van der Waals surface area (Å²) in [5.74, 6) is -0.0193. The molecule has 1 amide bonds. The van der Waals surface area contributed by atoms with Crippen LogP contribution >= 0.6 is 0 Å². The summed E-state index contributed by atoms with van der Waals surface area (Å²) in [5, 5.41) is 23.5. The molecule has 4 nitrogen and oxygen atoms in total. The second-order valence-electron chi connectivity index (χ2n) is 24.3. The largest absolute Gasteiger partial charge is 0.394 e. The van der Waals surface area contributed by atoms with E-state index in [0.29, 0.717) is 12.8 Å². The van der Waals surface area contributed by atoms with E-state index in [1.165, 1.54) is 366 Å². The normalized spacial score (nSPS) is 12.5. The fourth-order valence-electron chi connectivity index (χ4n) is 11.6. The lowest BCUT2D eigenvalue weighted by atomic mass is 10.0. The molecule has 0 radical (unpaired) electrons. The van der Waals surface area contributed by atoms with Gasteiger partial charge in [-0.05, 0) is 12.8 Å². The number of aliphatic hydroxyl groups is 2. The van der Waals surface area contributed by atoms with Gasteiger partial charge >= 0.3 is 0 Å². The average molecular weight is 1030 g/mol. The molecule has 73 heavy (non-hydrogen) atoms. The molecule has 0 fully saturated rings. The third-order valence-electron chi connectivity index (χ3n) is 16.9. The van der Waals surface area contributed by atoms with Gasteiger partial charge in [0, 0.05) is 6.42 Å². The summed E-state index contributed by atoms with van der Waals surface area (Å²) < 4.78 is 0. The van der Waals surface area contributed by atoms with Crippen molar-refractivity contribution in [3.05, 3.63) is 0 Å². The van der Waals surface area contributed by atoms with Crippen molar-refractivity contribution in [2.45, 2.75) is 431 Å². The van der Waals surface area contributed by atoms with Crippen LogP contribution in [0.5, 0.6) is 0 Å². The van der Waals surface area contributed by atoms with Crippen molar-refractivity contribution in [2.75, 3.05) is 6.61 Å². The highest BCUT2D eigenvalue weighted by Crippen LogP contribution is 2.20. The summed E-state index contributed by atoms with van der Waals surface area (Å²) in [6, 6.07) is -0.533.